The lowest BCUT2D eigenvalue weighted by molar-refractivity contribution is -0.140. The van der Waals surface area contributed by atoms with Crippen LogP contribution in [0.5, 0.6) is 0 Å². The second-order valence-corrected chi connectivity index (χ2v) is 6.94. The number of carbonyl (C=O) groups excluding carboxylic acids is 1. The lowest BCUT2D eigenvalue weighted by Crippen LogP contribution is -2.33. The molecule has 1 amide bonds. The van der Waals surface area contributed by atoms with Crippen molar-refractivity contribution in [3.8, 4) is 0 Å². The fourth-order valence-corrected chi connectivity index (χ4v) is 4.29. The summed E-state index contributed by atoms with van der Waals surface area (Å²) in [5.41, 5.74) is 0. The minimum absolute atomic E-state index is 0.287. The zero-order valence-electron chi connectivity index (χ0n) is 10.6. The van der Waals surface area contributed by atoms with Crippen molar-refractivity contribution in [3.63, 3.8) is 0 Å². The van der Waals surface area contributed by atoms with Gasteiger partial charge in [-0.05, 0) is 22.2 Å². The Labute approximate surface area is 134 Å². The van der Waals surface area contributed by atoms with Crippen LogP contribution < -0.4 is 0 Å². The highest BCUT2D eigenvalue weighted by molar-refractivity contribution is 8.26. The molecule has 1 aromatic heterocycles. The van der Waals surface area contributed by atoms with Gasteiger partial charge in [-0.25, -0.2) is 0 Å². The highest BCUT2D eigenvalue weighted by Crippen LogP contribution is 2.35. The smallest absolute Gasteiger partial charge is 0.323 e. The van der Waals surface area contributed by atoms with E-state index in [1.54, 1.807) is 17.4 Å². The summed E-state index contributed by atoms with van der Waals surface area (Å²) in [6, 6.07) is 7.92. The van der Waals surface area contributed by atoms with Crippen LogP contribution in [0.15, 0.2) is 34.6 Å². The van der Waals surface area contributed by atoms with Crippen molar-refractivity contribution in [1.82, 2.24) is 4.90 Å². The summed E-state index contributed by atoms with van der Waals surface area (Å²) in [5.74, 6) is -1.42. The van der Waals surface area contributed by atoms with E-state index in [0.29, 0.717) is 4.91 Å². The number of thioether (sulfide) groups is 1. The molecule has 2 aromatic rings. The van der Waals surface area contributed by atoms with Gasteiger partial charge >= 0.3 is 5.97 Å². The molecule has 1 saturated heterocycles. The van der Waals surface area contributed by atoms with E-state index >= 15 is 0 Å². The van der Waals surface area contributed by atoms with Gasteiger partial charge in [0.25, 0.3) is 5.91 Å². The van der Waals surface area contributed by atoms with Gasteiger partial charge in [0.1, 0.15) is 10.9 Å². The highest BCUT2D eigenvalue weighted by Gasteiger charge is 2.33. The number of carbonyl (C=O) groups is 2. The van der Waals surface area contributed by atoms with E-state index < -0.39 is 12.5 Å². The molecule has 0 saturated carbocycles. The van der Waals surface area contributed by atoms with Crippen LogP contribution in [-0.4, -0.2) is 32.7 Å². The average molecular weight is 335 g/mol. The molecular weight excluding hydrogens is 326 g/mol. The van der Waals surface area contributed by atoms with E-state index in [-0.39, 0.29) is 10.2 Å². The lowest BCUT2D eigenvalue weighted by Gasteiger charge is -2.10. The van der Waals surface area contributed by atoms with Crippen molar-refractivity contribution in [2.45, 2.75) is 0 Å². The van der Waals surface area contributed by atoms with Crippen LogP contribution in [0.1, 0.15) is 4.88 Å². The van der Waals surface area contributed by atoms with Crippen LogP contribution in [0, 0.1) is 0 Å². The first-order valence-corrected chi connectivity index (χ1v) is 8.10. The van der Waals surface area contributed by atoms with E-state index in [0.717, 1.165) is 32.3 Å². The van der Waals surface area contributed by atoms with Crippen molar-refractivity contribution in [2.24, 2.45) is 0 Å². The summed E-state index contributed by atoms with van der Waals surface area (Å²) in [6.45, 7) is -0.396. The Kier molecular flexibility index (Phi) is 3.79. The van der Waals surface area contributed by atoms with Gasteiger partial charge in [0.15, 0.2) is 0 Å². The fourth-order valence-electron chi connectivity index (χ4n) is 2.02. The zero-order valence-corrected chi connectivity index (χ0v) is 13.1. The number of aliphatic carboxylic acids is 1. The monoisotopic (exact) mass is 335 g/mol. The van der Waals surface area contributed by atoms with Crippen LogP contribution >= 0.6 is 35.3 Å². The van der Waals surface area contributed by atoms with Crippen LogP contribution in [-0.2, 0) is 9.59 Å². The van der Waals surface area contributed by atoms with Gasteiger partial charge in [-0.1, -0.05) is 48.2 Å². The number of thiocarbonyl (C=S) groups is 1. The van der Waals surface area contributed by atoms with E-state index in [9.17, 15) is 9.59 Å². The predicted octanol–water partition coefficient (Wildman–Crippen LogP) is 3.19. The summed E-state index contributed by atoms with van der Waals surface area (Å²) in [6.07, 6.45) is 1.79. The van der Waals surface area contributed by atoms with Gasteiger partial charge in [-0.2, -0.15) is 0 Å². The summed E-state index contributed by atoms with van der Waals surface area (Å²) < 4.78 is 0.287. The Balaban J connectivity index is 1.95. The summed E-state index contributed by atoms with van der Waals surface area (Å²) in [5, 5.41) is 13.0. The first-order valence-electron chi connectivity index (χ1n) is 5.99. The molecule has 1 fully saturated rings. The maximum absolute atomic E-state index is 12.2. The first kappa shape index (κ1) is 14.2. The minimum atomic E-state index is -1.07. The topological polar surface area (TPSA) is 57.6 Å². The van der Waals surface area contributed by atoms with Crippen molar-refractivity contribution in [1.29, 1.82) is 0 Å². The number of hydrogen-bond donors (Lipinski definition) is 1. The lowest BCUT2D eigenvalue weighted by atomic mass is 10.2. The van der Waals surface area contributed by atoms with Gasteiger partial charge in [-0.3, -0.25) is 14.5 Å². The third-order valence-corrected chi connectivity index (χ3v) is 5.31. The number of carboxylic acid groups (broad SMARTS) is 1. The zero-order chi connectivity index (χ0) is 15.0. The molecule has 7 heteroatoms. The maximum Gasteiger partial charge on any atom is 0.323 e. The molecule has 1 aromatic carbocycles. The molecule has 0 spiro atoms. The van der Waals surface area contributed by atoms with E-state index in [2.05, 4.69) is 0 Å². The maximum atomic E-state index is 12.2. The van der Waals surface area contributed by atoms with Gasteiger partial charge in [0.05, 0.1) is 4.91 Å². The predicted molar refractivity (Wildman–Crippen MR) is 89.3 cm³/mol. The Morgan fingerprint density at radius 1 is 1.38 bits per heavy atom. The number of benzene rings is 1. The Hall–Kier alpha value is -1.70. The Bertz CT molecular complexity index is 794. The number of amides is 1. The fraction of sp³-hybridized carbons (Fsp3) is 0.0714. The van der Waals surface area contributed by atoms with E-state index in [1.807, 2.05) is 29.6 Å². The Morgan fingerprint density at radius 3 is 2.90 bits per heavy atom. The number of rotatable bonds is 3. The van der Waals surface area contributed by atoms with Gasteiger partial charge in [0, 0.05) is 4.88 Å². The van der Waals surface area contributed by atoms with Crippen molar-refractivity contribution < 1.29 is 14.7 Å². The van der Waals surface area contributed by atoms with Gasteiger partial charge < -0.3 is 5.11 Å². The number of thiophene rings is 1. The molecule has 1 aliphatic rings. The summed E-state index contributed by atoms with van der Waals surface area (Å²) >= 11 is 7.76. The number of nitrogens with zero attached hydrogens (tertiary/aromatic N) is 1. The number of carboxylic acids is 1. The second-order valence-electron chi connectivity index (χ2n) is 4.35. The SMILES string of the molecule is O=C(O)CN1C(=O)C(=Cc2scc3ccccc23)SC1=S. The third-order valence-electron chi connectivity index (χ3n) is 2.97. The average Bonchev–Trinajstić information content (AvgIpc) is 2.96. The standard InChI is InChI=1S/C14H9NO3S3/c16-12(17)6-15-13(18)11(21-14(15)19)5-10-9-4-2-1-3-8(9)7-20-10/h1-5,7H,6H2,(H,16,17). The molecule has 2 heterocycles. The van der Waals surface area contributed by atoms with E-state index in [1.165, 1.54) is 0 Å². The molecule has 0 radical (unpaired) electrons. The Morgan fingerprint density at radius 2 is 2.14 bits per heavy atom. The van der Waals surface area contributed by atoms with Crippen LogP contribution in [0.2, 0.25) is 0 Å². The van der Waals surface area contributed by atoms with Crippen molar-refractivity contribution >= 4 is 68.4 Å². The summed E-state index contributed by atoms with van der Waals surface area (Å²) in [4.78, 5) is 25.5. The quantitative estimate of drug-likeness (QED) is 0.689. The second kappa shape index (κ2) is 5.59. The largest absolute Gasteiger partial charge is 0.480 e. The minimum Gasteiger partial charge on any atom is -0.480 e. The number of fused-ring (bicyclic) bond motifs is 1. The van der Waals surface area contributed by atoms with Gasteiger partial charge in [0.2, 0.25) is 0 Å². The van der Waals surface area contributed by atoms with Crippen LogP contribution in [0.3, 0.4) is 0 Å². The van der Waals surface area contributed by atoms with Crippen LogP contribution in [0.4, 0.5) is 0 Å². The molecule has 0 aliphatic carbocycles. The van der Waals surface area contributed by atoms with Crippen LogP contribution in [0.25, 0.3) is 16.8 Å². The first-order chi connectivity index (χ1) is 10.1. The molecule has 4 nitrogen and oxygen atoms in total. The third kappa shape index (κ3) is 2.72. The molecule has 1 N–H and O–H groups in total. The molecule has 1 aliphatic heterocycles. The summed E-state index contributed by atoms with van der Waals surface area (Å²) in [7, 11) is 0. The number of hydrogen-bond acceptors (Lipinski definition) is 5. The molecule has 106 valence electrons. The van der Waals surface area contributed by atoms with E-state index in [4.69, 9.17) is 17.3 Å². The molecule has 0 unspecified atom stereocenters. The molecule has 0 atom stereocenters. The van der Waals surface area contributed by atoms with Gasteiger partial charge in [-0.15, -0.1) is 11.3 Å². The molecular formula is C14H9NO3S3. The van der Waals surface area contributed by atoms with Crippen molar-refractivity contribution in [2.75, 3.05) is 6.54 Å². The van der Waals surface area contributed by atoms with Crippen molar-refractivity contribution in [3.05, 3.63) is 39.4 Å². The normalized spacial score (nSPS) is 17.1. The highest BCUT2D eigenvalue weighted by atomic mass is 32.2. The molecule has 21 heavy (non-hydrogen) atoms. The molecule has 0 bridgehead atoms. The molecule has 3 rings (SSSR count).